The molecule has 124 valence electrons. The van der Waals surface area contributed by atoms with E-state index in [9.17, 15) is 4.79 Å². The molecule has 24 heavy (non-hydrogen) atoms. The van der Waals surface area contributed by atoms with Crippen LogP contribution in [0.4, 0.5) is 0 Å². The zero-order valence-electron chi connectivity index (χ0n) is 13.9. The summed E-state index contributed by atoms with van der Waals surface area (Å²) in [6, 6.07) is 10.1. The van der Waals surface area contributed by atoms with Gasteiger partial charge in [0.05, 0.1) is 32.2 Å². The van der Waals surface area contributed by atoms with Gasteiger partial charge >= 0.3 is 5.97 Å². The highest BCUT2D eigenvalue weighted by atomic mass is 16.5. The smallest absolute Gasteiger partial charge is 0.310 e. The second-order valence-corrected chi connectivity index (χ2v) is 5.42. The molecule has 4 heteroatoms. The van der Waals surface area contributed by atoms with Crippen LogP contribution in [0.25, 0.3) is 27.8 Å². The van der Waals surface area contributed by atoms with Crippen molar-refractivity contribution in [2.45, 2.75) is 20.3 Å². The first-order chi connectivity index (χ1) is 11.7. The third kappa shape index (κ3) is 3.27. The van der Waals surface area contributed by atoms with Crippen molar-refractivity contribution in [3.63, 3.8) is 0 Å². The number of rotatable bonds is 6. The Morgan fingerprint density at radius 2 is 2.04 bits per heavy atom. The van der Waals surface area contributed by atoms with Gasteiger partial charge in [-0.3, -0.25) is 4.79 Å². The fourth-order valence-corrected chi connectivity index (χ4v) is 2.78. The van der Waals surface area contributed by atoms with E-state index in [1.165, 1.54) is 0 Å². The second-order valence-electron chi connectivity index (χ2n) is 5.42. The lowest BCUT2D eigenvalue weighted by atomic mass is 10.0. The molecule has 1 heterocycles. The zero-order chi connectivity index (χ0) is 16.9. The van der Waals surface area contributed by atoms with Gasteiger partial charge in [0.2, 0.25) is 0 Å². The predicted octanol–water partition coefficient (Wildman–Crippen LogP) is 4.70. The van der Waals surface area contributed by atoms with E-state index < -0.39 is 0 Å². The van der Waals surface area contributed by atoms with Gasteiger partial charge in [-0.15, -0.1) is 0 Å². The van der Waals surface area contributed by atoms with Gasteiger partial charge in [0.1, 0.15) is 5.58 Å². The topological polar surface area (TPSA) is 48.7 Å². The number of fused-ring (bicyclic) bond motifs is 3. The second kappa shape index (κ2) is 7.21. The number of furan rings is 1. The van der Waals surface area contributed by atoms with Crippen molar-refractivity contribution in [3.05, 3.63) is 54.0 Å². The molecule has 0 atom stereocenters. The Bertz CT molecular complexity index is 889. The molecule has 0 amide bonds. The van der Waals surface area contributed by atoms with E-state index in [0.29, 0.717) is 13.2 Å². The number of hydrogen-bond donors (Lipinski definition) is 0. The third-order valence-corrected chi connectivity index (χ3v) is 3.82. The maximum absolute atomic E-state index is 11.8. The molecule has 0 radical (unpaired) electrons. The van der Waals surface area contributed by atoms with Crippen LogP contribution in [0, 0.1) is 0 Å². The summed E-state index contributed by atoms with van der Waals surface area (Å²) in [6.07, 6.45) is 5.49. The van der Waals surface area contributed by atoms with Crippen molar-refractivity contribution < 1.29 is 18.7 Å². The molecule has 0 bridgehead atoms. The number of carbonyl (C=O) groups is 1. The van der Waals surface area contributed by atoms with Crippen LogP contribution in [0.1, 0.15) is 25.0 Å². The minimum atomic E-state index is -0.242. The maximum atomic E-state index is 11.8. The molecule has 4 nitrogen and oxygen atoms in total. The van der Waals surface area contributed by atoms with Gasteiger partial charge < -0.3 is 13.9 Å². The van der Waals surface area contributed by atoms with E-state index in [-0.39, 0.29) is 12.4 Å². The number of hydrogen-bond acceptors (Lipinski definition) is 4. The predicted molar refractivity (Wildman–Crippen MR) is 94.7 cm³/mol. The highest BCUT2D eigenvalue weighted by molar-refractivity contribution is 6.08. The summed E-state index contributed by atoms with van der Waals surface area (Å²) in [4.78, 5) is 11.8. The molecule has 2 aromatic carbocycles. The Hall–Kier alpha value is -2.75. The van der Waals surface area contributed by atoms with Crippen LogP contribution in [0.2, 0.25) is 0 Å². The molecule has 0 aliphatic rings. The van der Waals surface area contributed by atoms with Crippen molar-refractivity contribution in [2.75, 3.05) is 13.2 Å². The fraction of sp³-hybridized carbons (Fsp3) is 0.250. The summed E-state index contributed by atoms with van der Waals surface area (Å²) in [5, 5.41) is 3.13. The molecule has 0 unspecified atom stereocenters. The third-order valence-electron chi connectivity index (χ3n) is 3.82. The SMILES string of the molecule is CCO/C=C/c1ccc2c(ccc3occ(CC(=O)OCC)c32)c1. The number of carbonyl (C=O) groups excluding carboxylic acids is 1. The zero-order valence-corrected chi connectivity index (χ0v) is 13.9. The van der Waals surface area contributed by atoms with Crippen LogP contribution in [0.5, 0.6) is 0 Å². The lowest BCUT2D eigenvalue weighted by Crippen LogP contribution is -2.06. The molecule has 3 aromatic rings. The van der Waals surface area contributed by atoms with Gasteiger partial charge in [0, 0.05) is 10.9 Å². The summed E-state index contributed by atoms with van der Waals surface area (Å²) in [7, 11) is 0. The van der Waals surface area contributed by atoms with Crippen LogP contribution in [-0.2, 0) is 20.7 Å². The maximum Gasteiger partial charge on any atom is 0.310 e. The Morgan fingerprint density at radius 1 is 1.17 bits per heavy atom. The van der Waals surface area contributed by atoms with Gasteiger partial charge in [-0.05, 0) is 48.4 Å². The first-order valence-electron chi connectivity index (χ1n) is 8.09. The summed E-state index contributed by atoms with van der Waals surface area (Å²) < 4.78 is 15.9. The number of ether oxygens (including phenoxy) is 2. The van der Waals surface area contributed by atoms with Crippen LogP contribution in [0.3, 0.4) is 0 Å². The molecule has 3 rings (SSSR count). The van der Waals surface area contributed by atoms with E-state index >= 15 is 0 Å². The van der Waals surface area contributed by atoms with E-state index in [0.717, 1.165) is 32.9 Å². The first kappa shape index (κ1) is 16.1. The van der Waals surface area contributed by atoms with Gasteiger partial charge in [0.15, 0.2) is 0 Å². The normalized spacial score (nSPS) is 11.4. The fourth-order valence-electron chi connectivity index (χ4n) is 2.78. The largest absolute Gasteiger partial charge is 0.501 e. The van der Waals surface area contributed by atoms with Gasteiger partial charge in [-0.2, -0.15) is 0 Å². The monoisotopic (exact) mass is 324 g/mol. The molecule has 0 aliphatic carbocycles. The Kier molecular flexibility index (Phi) is 4.85. The quantitative estimate of drug-likeness (QED) is 0.487. The summed E-state index contributed by atoms with van der Waals surface area (Å²) in [5.74, 6) is -0.242. The number of esters is 1. The molecule has 0 fully saturated rings. The summed E-state index contributed by atoms with van der Waals surface area (Å²) in [6.45, 7) is 4.78. The lowest BCUT2D eigenvalue weighted by molar-refractivity contribution is -0.142. The van der Waals surface area contributed by atoms with Gasteiger partial charge in [-0.25, -0.2) is 0 Å². The molecule has 0 spiro atoms. The van der Waals surface area contributed by atoms with Crippen LogP contribution >= 0.6 is 0 Å². The molecular weight excluding hydrogens is 304 g/mol. The minimum Gasteiger partial charge on any atom is -0.501 e. The highest BCUT2D eigenvalue weighted by Crippen LogP contribution is 2.31. The van der Waals surface area contributed by atoms with Crippen LogP contribution in [0.15, 0.2) is 47.3 Å². The first-order valence-corrected chi connectivity index (χ1v) is 8.09. The van der Waals surface area contributed by atoms with E-state index in [4.69, 9.17) is 13.9 Å². The lowest BCUT2D eigenvalue weighted by Gasteiger charge is -2.04. The van der Waals surface area contributed by atoms with Crippen molar-refractivity contribution in [1.29, 1.82) is 0 Å². The van der Waals surface area contributed by atoms with Crippen LogP contribution < -0.4 is 0 Å². The molecule has 0 aliphatic heterocycles. The Balaban J connectivity index is 2.02. The van der Waals surface area contributed by atoms with Gasteiger partial charge in [-0.1, -0.05) is 18.2 Å². The van der Waals surface area contributed by atoms with E-state index in [1.54, 1.807) is 19.4 Å². The van der Waals surface area contributed by atoms with Gasteiger partial charge in [0.25, 0.3) is 0 Å². The number of benzene rings is 2. The molecule has 0 N–H and O–H groups in total. The molecular formula is C20H20O4. The van der Waals surface area contributed by atoms with E-state index in [1.807, 2.05) is 37.3 Å². The van der Waals surface area contributed by atoms with Crippen LogP contribution in [-0.4, -0.2) is 19.2 Å². The average molecular weight is 324 g/mol. The molecule has 0 saturated carbocycles. The average Bonchev–Trinajstić information content (AvgIpc) is 2.98. The summed E-state index contributed by atoms with van der Waals surface area (Å²) >= 11 is 0. The van der Waals surface area contributed by atoms with Crippen molar-refractivity contribution in [2.24, 2.45) is 0 Å². The van der Waals surface area contributed by atoms with Crippen molar-refractivity contribution in [1.82, 2.24) is 0 Å². The highest BCUT2D eigenvalue weighted by Gasteiger charge is 2.13. The molecule has 1 aromatic heterocycles. The Morgan fingerprint density at radius 3 is 2.83 bits per heavy atom. The summed E-state index contributed by atoms with van der Waals surface area (Å²) in [5.41, 5.74) is 2.69. The van der Waals surface area contributed by atoms with Crippen molar-refractivity contribution >= 4 is 33.8 Å². The van der Waals surface area contributed by atoms with E-state index in [2.05, 4.69) is 6.07 Å². The standard InChI is InChI=1S/C20H20O4/c1-3-22-10-9-14-5-7-17-15(11-14)6-8-18-20(17)16(13-24-18)12-19(21)23-4-2/h5-11,13H,3-4,12H2,1-2H3/b10-9+. The molecule has 0 saturated heterocycles. The Labute approximate surface area is 140 Å². The minimum absolute atomic E-state index is 0.214. The van der Waals surface area contributed by atoms with Crippen molar-refractivity contribution in [3.8, 4) is 0 Å².